The maximum atomic E-state index is 8.90. The highest BCUT2D eigenvalue weighted by Gasteiger charge is 2.06. The molecule has 0 fully saturated rings. The predicted octanol–water partition coefficient (Wildman–Crippen LogP) is 5.01. The van der Waals surface area contributed by atoms with Crippen LogP contribution < -0.4 is 5.73 Å². The minimum Gasteiger partial charge on any atom is -0.345 e. The number of nitriles is 1. The molecule has 150 valence electrons. The Kier molecular flexibility index (Phi) is 7.03. The Hall–Kier alpha value is -3.39. The summed E-state index contributed by atoms with van der Waals surface area (Å²) in [6.07, 6.45) is 3.42. The van der Waals surface area contributed by atoms with Crippen LogP contribution in [0.3, 0.4) is 0 Å². The van der Waals surface area contributed by atoms with E-state index in [9.17, 15) is 0 Å². The first kappa shape index (κ1) is 21.3. The van der Waals surface area contributed by atoms with E-state index in [0.717, 1.165) is 35.5 Å². The first-order valence-electron chi connectivity index (χ1n) is 9.64. The highest BCUT2D eigenvalue weighted by atomic mass is 35.5. The van der Waals surface area contributed by atoms with E-state index in [2.05, 4.69) is 52.4 Å². The molecule has 3 N–H and O–H groups in total. The lowest BCUT2D eigenvalue weighted by molar-refractivity contribution is 1.000. The Balaban J connectivity index is 0.00000256. The van der Waals surface area contributed by atoms with Crippen LogP contribution in [0.15, 0.2) is 79.0 Å². The summed E-state index contributed by atoms with van der Waals surface area (Å²) in [4.78, 5) is 7.94. The molecule has 1 aromatic heterocycles. The summed E-state index contributed by atoms with van der Waals surface area (Å²) in [5.41, 5.74) is 13.5. The number of rotatable bonds is 6. The second-order valence-corrected chi connectivity index (χ2v) is 7.08. The van der Waals surface area contributed by atoms with Gasteiger partial charge < -0.3 is 10.7 Å². The van der Waals surface area contributed by atoms with Crippen molar-refractivity contribution in [1.29, 1.82) is 5.26 Å². The van der Waals surface area contributed by atoms with E-state index >= 15 is 0 Å². The zero-order chi connectivity index (χ0) is 20.1. The highest BCUT2D eigenvalue weighted by Crippen LogP contribution is 2.24. The largest absolute Gasteiger partial charge is 0.345 e. The van der Waals surface area contributed by atoms with Crippen molar-refractivity contribution < 1.29 is 0 Å². The van der Waals surface area contributed by atoms with Crippen molar-refractivity contribution in [2.75, 3.05) is 0 Å². The van der Waals surface area contributed by atoms with Gasteiger partial charge in [0.05, 0.1) is 11.6 Å². The Bertz CT molecular complexity index is 1140. The lowest BCUT2D eigenvalue weighted by atomic mass is 9.98. The molecule has 4 aromatic rings. The van der Waals surface area contributed by atoms with Gasteiger partial charge in [0.1, 0.15) is 5.82 Å². The summed E-state index contributed by atoms with van der Waals surface area (Å²) < 4.78 is 0. The van der Waals surface area contributed by atoms with Crippen molar-refractivity contribution in [1.82, 2.24) is 9.97 Å². The Morgan fingerprint density at radius 1 is 0.867 bits per heavy atom. The molecule has 0 saturated carbocycles. The zero-order valence-electron chi connectivity index (χ0n) is 16.5. The summed E-state index contributed by atoms with van der Waals surface area (Å²) >= 11 is 0. The van der Waals surface area contributed by atoms with Gasteiger partial charge >= 0.3 is 0 Å². The molecule has 0 aliphatic carbocycles. The molecule has 3 aromatic carbocycles. The third-order valence-electron chi connectivity index (χ3n) is 5.03. The number of H-pyrrole nitrogens is 1. The van der Waals surface area contributed by atoms with E-state index in [1.807, 2.05) is 42.6 Å². The third-order valence-corrected chi connectivity index (χ3v) is 5.03. The number of nitrogens with one attached hydrogen (secondary N) is 1. The van der Waals surface area contributed by atoms with E-state index in [4.69, 9.17) is 11.0 Å². The quantitative estimate of drug-likeness (QED) is 0.465. The van der Waals surface area contributed by atoms with Gasteiger partial charge in [0.15, 0.2) is 0 Å². The van der Waals surface area contributed by atoms with Crippen molar-refractivity contribution >= 4 is 12.4 Å². The summed E-state index contributed by atoms with van der Waals surface area (Å²) in [7, 11) is 0. The van der Waals surface area contributed by atoms with E-state index < -0.39 is 0 Å². The van der Waals surface area contributed by atoms with Crippen LogP contribution in [0.4, 0.5) is 0 Å². The minimum atomic E-state index is 0. The molecule has 4 rings (SSSR count). The smallest absolute Gasteiger partial charge is 0.110 e. The van der Waals surface area contributed by atoms with Crippen LogP contribution in [-0.4, -0.2) is 9.97 Å². The summed E-state index contributed by atoms with van der Waals surface area (Å²) in [6, 6.07) is 26.6. The zero-order valence-corrected chi connectivity index (χ0v) is 17.3. The van der Waals surface area contributed by atoms with Crippen molar-refractivity contribution in [3.63, 3.8) is 0 Å². The summed E-state index contributed by atoms with van der Waals surface area (Å²) in [5.74, 6) is 0.948. The van der Waals surface area contributed by atoms with Gasteiger partial charge in [0.2, 0.25) is 0 Å². The Morgan fingerprint density at radius 2 is 1.53 bits per heavy atom. The number of hydrogen-bond acceptors (Lipinski definition) is 3. The molecule has 0 bridgehead atoms. The van der Waals surface area contributed by atoms with Crippen LogP contribution in [0, 0.1) is 11.3 Å². The van der Waals surface area contributed by atoms with E-state index in [0.29, 0.717) is 12.1 Å². The van der Waals surface area contributed by atoms with Crippen LogP contribution in [0.2, 0.25) is 0 Å². The number of nitrogens with zero attached hydrogens (tertiary/aromatic N) is 2. The number of benzene rings is 3. The second-order valence-electron chi connectivity index (χ2n) is 7.08. The maximum absolute atomic E-state index is 8.90. The molecule has 30 heavy (non-hydrogen) atoms. The summed E-state index contributed by atoms with van der Waals surface area (Å²) in [5, 5.41) is 8.90. The Labute approximate surface area is 182 Å². The van der Waals surface area contributed by atoms with Crippen molar-refractivity contribution in [2.24, 2.45) is 5.73 Å². The van der Waals surface area contributed by atoms with E-state index in [-0.39, 0.29) is 12.4 Å². The molecule has 0 spiro atoms. The first-order chi connectivity index (χ1) is 14.2. The first-order valence-corrected chi connectivity index (χ1v) is 9.64. The molecule has 0 amide bonds. The Morgan fingerprint density at radius 3 is 2.23 bits per heavy atom. The van der Waals surface area contributed by atoms with Crippen molar-refractivity contribution in [3.05, 3.63) is 113 Å². The molecule has 0 unspecified atom stereocenters. The fraction of sp³-hybridized carbons (Fsp3) is 0.120. The molecule has 0 atom stereocenters. The molecule has 1 heterocycles. The maximum Gasteiger partial charge on any atom is 0.110 e. The molecular weight excluding hydrogens is 392 g/mol. The number of aromatic nitrogens is 2. The number of aromatic amines is 1. The lowest BCUT2D eigenvalue weighted by Crippen LogP contribution is -1.98. The predicted molar refractivity (Wildman–Crippen MR) is 122 cm³/mol. The molecule has 0 radical (unpaired) electrons. The van der Waals surface area contributed by atoms with Gasteiger partial charge in [-0.15, -0.1) is 12.4 Å². The number of halogens is 1. The van der Waals surface area contributed by atoms with Gasteiger partial charge in [-0.1, -0.05) is 60.7 Å². The molecule has 4 nitrogen and oxygen atoms in total. The number of imidazole rings is 1. The van der Waals surface area contributed by atoms with Gasteiger partial charge in [0.25, 0.3) is 0 Å². The minimum absolute atomic E-state index is 0. The van der Waals surface area contributed by atoms with E-state index in [1.165, 1.54) is 16.7 Å². The SMILES string of the molecule is Cl.N#Cc1ccc(Cc2cnc(Cc3ccc(-c4ccccc4CN)cc3)[nH]2)cc1. The van der Waals surface area contributed by atoms with Crippen LogP contribution >= 0.6 is 12.4 Å². The molecule has 0 aliphatic rings. The summed E-state index contributed by atoms with van der Waals surface area (Å²) in [6.45, 7) is 0.534. The van der Waals surface area contributed by atoms with Crippen LogP contribution in [0.25, 0.3) is 11.1 Å². The fourth-order valence-electron chi connectivity index (χ4n) is 3.48. The van der Waals surface area contributed by atoms with Crippen LogP contribution in [-0.2, 0) is 19.4 Å². The normalized spacial score (nSPS) is 10.3. The van der Waals surface area contributed by atoms with Crippen molar-refractivity contribution in [3.8, 4) is 17.2 Å². The third kappa shape index (κ3) is 4.96. The number of hydrogen-bond donors (Lipinski definition) is 2. The molecule has 0 aliphatic heterocycles. The van der Waals surface area contributed by atoms with Gasteiger partial charge in [-0.05, 0) is 39.9 Å². The molecular formula is C25H23ClN4. The van der Waals surface area contributed by atoms with Gasteiger partial charge in [-0.3, -0.25) is 0 Å². The van der Waals surface area contributed by atoms with Crippen LogP contribution in [0.5, 0.6) is 0 Å². The topological polar surface area (TPSA) is 78.5 Å². The van der Waals surface area contributed by atoms with Gasteiger partial charge in [-0.2, -0.15) is 5.26 Å². The second kappa shape index (κ2) is 9.89. The van der Waals surface area contributed by atoms with Gasteiger partial charge in [-0.25, -0.2) is 4.98 Å². The van der Waals surface area contributed by atoms with Crippen molar-refractivity contribution in [2.45, 2.75) is 19.4 Å². The average Bonchev–Trinajstić information content (AvgIpc) is 3.21. The standard InChI is InChI=1S/C25H22N4.ClH/c26-15-20-7-5-18(6-8-20)13-23-17-28-25(29-23)14-19-9-11-21(12-10-19)24-4-2-1-3-22(24)16-27;/h1-12,17H,13-14,16,27H2,(H,28,29);1H. The fourth-order valence-corrected chi connectivity index (χ4v) is 3.48. The monoisotopic (exact) mass is 414 g/mol. The molecule has 0 saturated heterocycles. The van der Waals surface area contributed by atoms with Gasteiger partial charge in [0, 0.05) is 31.3 Å². The van der Waals surface area contributed by atoms with E-state index in [1.54, 1.807) is 0 Å². The molecule has 5 heteroatoms. The highest BCUT2D eigenvalue weighted by molar-refractivity contribution is 5.85. The average molecular weight is 415 g/mol. The lowest BCUT2D eigenvalue weighted by Gasteiger charge is -2.08. The number of nitrogens with two attached hydrogens (primary N) is 1. The van der Waals surface area contributed by atoms with Crippen LogP contribution in [0.1, 0.15) is 33.8 Å².